The summed E-state index contributed by atoms with van der Waals surface area (Å²) in [6.07, 6.45) is -1.47. The minimum atomic E-state index is -1.13. The Labute approximate surface area is 142 Å². The summed E-state index contributed by atoms with van der Waals surface area (Å²) in [6.45, 7) is 2.12. The van der Waals surface area contributed by atoms with Crippen molar-refractivity contribution in [1.82, 2.24) is 20.8 Å². The Balaban J connectivity index is 2.89. The number of primary amides is 1. The molecule has 4 atom stereocenters. The molecule has 0 saturated carbocycles. The summed E-state index contributed by atoms with van der Waals surface area (Å²) in [7, 11) is 0. The molecule has 0 aliphatic carbocycles. The van der Waals surface area contributed by atoms with Crippen LogP contribution in [0.4, 0.5) is 4.79 Å². The number of nitrogens with two attached hydrogens (primary N) is 2. The molecule has 0 fully saturated rings. The van der Waals surface area contributed by atoms with Gasteiger partial charge < -0.3 is 36.8 Å². The van der Waals surface area contributed by atoms with Crippen molar-refractivity contribution in [3.63, 3.8) is 0 Å². The lowest BCUT2D eigenvalue weighted by atomic mass is 10.1. The van der Waals surface area contributed by atoms with Crippen molar-refractivity contribution in [2.24, 2.45) is 11.5 Å². The van der Waals surface area contributed by atoms with Gasteiger partial charge in [0.25, 0.3) is 0 Å². The summed E-state index contributed by atoms with van der Waals surface area (Å²) >= 11 is 0. The standard InChI is InChI=1S/C13H22N6O6/c1-5(21)10(6(2)22)17-13(24)16-8(3-9(15)23)12-18-11(19-25-12)7(14)4-20/h5,7-8,10,20-21H,3-4,14H2,1-2H3,(H2,15,23)(H2,16,17,24)/t5-,7-,8+,10-/m1/s1. The van der Waals surface area contributed by atoms with Crippen LogP contribution in [0.15, 0.2) is 4.52 Å². The number of aromatic nitrogens is 2. The largest absolute Gasteiger partial charge is 0.394 e. The van der Waals surface area contributed by atoms with Crippen molar-refractivity contribution in [1.29, 1.82) is 0 Å². The molecule has 3 amide bonds. The van der Waals surface area contributed by atoms with E-state index in [1.807, 2.05) is 0 Å². The number of amides is 3. The van der Waals surface area contributed by atoms with Crippen LogP contribution < -0.4 is 22.1 Å². The number of ketones is 1. The molecule has 1 aromatic heterocycles. The van der Waals surface area contributed by atoms with E-state index < -0.39 is 48.6 Å². The molecule has 12 nitrogen and oxygen atoms in total. The molecule has 0 aromatic carbocycles. The lowest BCUT2D eigenvalue weighted by molar-refractivity contribution is -0.121. The number of urea groups is 1. The third kappa shape index (κ3) is 6.10. The SMILES string of the molecule is CC(=O)[C@H](NC(=O)N[C@@H](CC(N)=O)c1nc([C@H](N)CO)no1)[C@@H](C)O. The molecule has 1 heterocycles. The average Bonchev–Trinajstić information content (AvgIpc) is 3.00. The first-order chi connectivity index (χ1) is 11.6. The van der Waals surface area contributed by atoms with Crippen LogP contribution in [0, 0.1) is 0 Å². The number of Topliss-reactive ketones (excluding diaryl/α,β-unsaturated/α-hetero) is 1. The average molecular weight is 358 g/mol. The van der Waals surface area contributed by atoms with Gasteiger partial charge in [-0.05, 0) is 13.8 Å². The van der Waals surface area contributed by atoms with Crippen LogP contribution >= 0.6 is 0 Å². The number of aliphatic hydroxyl groups is 2. The molecular weight excluding hydrogens is 336 g/mol. The highest BCUT2D eigenvalue weighted by molar-refractivity contribution is 5.87. The van der Waals surface area contributed by atoms with Crippen LogP contribution in [0.3, 0.4) is 0 Å². The lowest BCUT2D eigenvalue weighted by Gasteiger charge is -2.20. The molecule has 1 rings (SSSR count). The Morgan fingerprint density at radius 2 is 1.96 bits per heavy atom. The maximum absolute atomic E-state index is 12.0. The molecule has 140 valence electrons. The van der Waals surface area contributed by atoms with Crippen LogP contribution in [0.5, 0.6) is 0 Å². The van der Waals surface area contributed by atoms with Crippen molar-refractivity contribution < 1.29 is 29.1 Å². The van der Waals surface area contributed by atoms with Crippen molar-refractivity contribution >= 4 is 17.7 Å². The van der Waals surface area contributed by atoms with Crippen molar-refractivity contribution in [2.45, 2.75) is 44.5 Å². The quantitative estimate of drug-likeness (QED) is 0.278. The molecule has 0 unspecified atom stereocenters. The van der Waals surface area contributed by atoms with E-state index in [0.717, 1.165) is 0 Å². The molecular formula is C13H22N6O6. The van der Waals surface area contributed by atoms with Crippen molar-refractivity contribution in [3.05, 3.63) is 11.7 Å². The number of rotatable bonds is 9. The minimum absolute atomic E-state index is 0.0141. The normalized spacial score (nSPS) is 15.7. The number of carbonyl (C=O) groups excluding carboxylic acids is 3. The van der Waals surface area contributed by atoms with E-state index in [4.69, 9.17) is 21.1 Å². The van der Waals surface area contributed by atoms with Crippen LogP contribution in [0.25, 0.3) is 0 Å². The highest BCUT2D eigenvalue weighted by atomic mass is 16.5. The number of nitrogens with one attached hydrogen (secondary N) is 2. The topological polar surface area (TPSA) is 207 Å². The molecule has 0 aliphatic rings. The Bertz CT molecular complexity index is 618. The fourth-order valence-corrected chi connectivity index (χ4v) is 1.93. The summed E-state index contributed by atoms with van der Waals surface area (Å²) in [5.74, 6) is -1.37. The van der Waals surface area contributed by atoms with Crippen molar-refractivity contribution in [3.8, 4) is 0 Å². The molecule has 0 radical (unpaired) electrons. The molecule has 0 aliphatic heterocycles. The summed E-state index contributed by atoms with van der Waals surface area (Å²) in [5.41, 5.74) is 10.7. The van der Waals surface area contributed by atoms with Gasteiger partial charge in [-0.1, -0.05) is 5.16 Å². The lowest BCUT2D eigenvalue weighted by Crippen LogP contribution is -2.51. The van der Waals surface area contributed by atoms with Gasteiger partial charge in [-0.15, -0.1) is 0 Å². The van der Waals surface area contributed by atoms with E-state index in [9.17, 15) is 19.5 Å². The first kappa shape index (κ1) is 20.5. The predicted molar refractivity (Wildman–Crippen MR) is 82.7 cm³/mol. The van der Waals surface area contributed by atoms with E-state index in [-0.39, 0.29) is 18.1 Å². The van der Waals surface area contributed by atoms with E-state index >= 15 is 0 Å². The fraction of sp³-hybridized carbons (Fsp3) is 0.615. The fourth-order valence-electron chi connectivity index (χ4n) is 1.93. The first-order valence-corrected chi connectivity index (χ1v) is 7.39. The Kier molecular flexibility index (Phi) is 7.42. The maximum atomic E-state index is 12.0. The van der Waals surface area contributed by atoms with E-state index in [2.05, 4.69) is 20.8 Å². The monoisotopic (exact) mass is 358 g/mol. The highest BCUT2D eigenvalue weighted by Gasteiger charge is 2.27. The van der Waals surface area contributed by atoms with Crippen LogP contribution in [0.1, 0.15) is 44.1 Å². The van der Waals surface area contributed by atoms with Gasteiger partial charge in [0.2, 0.25) is 11.8 Å². The molecule has 8 N–H and O–H groups in total. The van der Waals surface area contributed by atoms with Gasteiger partial charge in [-0.25, -0.2) is 4.79 Å². The second-order valence-corrected chi connectivity index (χ2v) is 5.45. The van der Waals surface area contributed by atoms with Crippen LogP contribution in [0.2, 0.25) is 0 Å². The third-order valence-corrected chi connectivity index (χ3v) is 3.20. The Morgan fingerprint density at radius 1 is 1.32 bits per heavy atom. The number of aliphatic hydroxyl groups excluding tert-OH is 2. The van der Waals surface area contributed by atoms with E-state index in [0.29, 0.717) is 0 Å². The molecule has 0 spiro atoms. The molecule has 1 aromatic rings. The first-order valence-electron chi connectivity index (χ1n) is 7.39. The van der Waals surface area contributed by atoms with Crippen LogP contribution in [-0.4, -0.2) is 56.8 Å². The third-order valence-electron chi connectivity index (χ3n) is 3.20. The molecule has 0 bridgehead atoms. The van der Waals surface area contributed by atoms with Crippen LogP contribution in [-0.2, 0) is 9.59 Å². The second-order valence-electron chi connectivity index (χ2n) is 5.45. The van der Waals surface area contributed by atoms with Gasteiger partial charge in [-0.2, -0.15) is 4.98 Å². The van der Waals surface area contributed by atoms with E-state index in [1.165, 1.54) is 13.8 Å². The maximum Gasteiger partial charge on any atom is 0.316 e. The van der Waals surface area contributed by atoms with E-state index in [1.54, 1.807) is 0 Å². The minimum Gasteiger partial charge on any atom is -0.394 e. The van der Waals surface area contributed by atoms with Gasteiger partial charge in [0, 0.05) is 0 Å². The summed E-state index contributed by atoms with van der Waals surface area (Å²) in [5, 5.41) is 26.7. The van der Waals surface area contributed by atoms with Gasteiger partial charge in [-0.3, -0.25) is 9.59 Å². The Hall–Kier alpha value is -2.57. The van der Waals surface area contributed by atoms with Crippen molar-refractivity contribution in [2.75, 3.05) is 6.61 Å². The van der Waals surface area contributed by atoms with Gasteiger partial charge in [0.1, 0.15) is 12.1 Å². The number of hydrogen-bond acceptors (Lipinski definition) is 9. The zero-order chi connectivity index (χ0) is 19.1. The van der Waals surface area contributed by atoms with Gasteiger partial charge in [0.15, 0.2) is 11.6 Å². The summed E-state index contributed by atoms with van der Waals surface area (Å²) in [6, 6.07) is -3.95. The molecule has 25 heavy (non-hydrogen) atoms. The summed E-state index contributed by atoms with van der Waals surface area (Å²) in [4.78, 5) is 38.6. The molecule has 0 saturated heterocycles. The number of nitrogens with zero attached hydrogens (tertiary/aromatic N) is 2. The zero-order valence-corrected chi connectivity index (χ0v) is 13.8. The van der Waals surface area contributed by atoms with Gasteiger partial charge in [0.05, 0.1) is 25.2 Å². The zero-order valence-electron chi connectivity index (χ0n) is 13.8. The summed E-state index contributed by atoms with van der Waals surface area (Å²) < 4.78 is 4.93. The second kappa shape index (κ2) is 9.05. The smallest absolute Gasteiger partial charge is 0.316 e. The Morgan fingerprint density at radius 3 is 2.44 bits per heavy atom. The predicted octanol–water partition coefficient (Wildman–Crippen LogP) is -2.38. The van der Waals surface area contributed by atoms with Gasteiger partial charge >= 0.3 is 6.03 Å². The molecule has 12 heteroatoms. The highest BCUT2D eigenvalue weighted by Crippen LogP contribution is 2.16. The number of carbonyl (C=O) groups is 3. The number of hydrogen-bond donors (Lipinski definition) is 6.